The Hall–Kier alpha value is -0.440. The summed E-state index contributed by atoms with van der Waals surface area (Å²) in [5.41, 5.74) is 0. The second-order valence-corrected chi connectivity index (χ2v) is 1.79. The van der Waals surface area contributed by atoms with Crippen LogP contribution in [0.5, 0.6) is 0 Å². The fraction of sp³-hybridized carbons (Fsp3) is 0.250. The monoisotopic (exact) mass is 114 g/mol. The molecule has 2 nitrogen and oxygen atoms in total. The Balaban J connectivity index is 2.76. The van der Waals surface area contributed by atoms with Gasteiger partial charge in [-0.1, -0.05) is 11.8 Å². The Morgan fingerprint density at radius 3 is 3.14 bits per heavy atom. The van der Waals surface area contributed by atoms with Crippen molar-refractivity contribution in [3.05, 3.63) is 12.6 Å². The molecule has 1 radical (unpaired) electrons. The molecule has 0 aliphatic carbocycles. The first kappa shape index (κ1) is 4.71. The van der Waals surface area contributed by atoms with Gasteiger partial charge in [0.25, 0.3) is 6.39 Å². The van der Waals surface area contributed by atoms with E-state index in [1.165, 1.54) is 11.8 Å². The first-order valence-electron chi connectivity index (χ1n) is 1.79. The van der Waals surface area contributed by atoms with Crippen LogP contribution in [0.4, 0.5) is 0 Å². The van der Waals surface area contributed by atoms with E-state index in [-0.39, 0.29) is 0 Å². The predicted molar refractivity (Wildman–Crippen MR) is 27.1 cm³/mol. The number of rotatable bonds is 1. The molecule has 0 N–H and O–H groups in total. The molecule has 1 rings (SSSR count). The lowest BCUT2D eigenvalue weighted by atomic mass is 11.0. The van der Waals surface area contributed by atoms with Gasteiger partial charge in [0.2, 0.25) is 0 Å². The van der Waals surface area contributed by atoms with Gasteiger partial charge < -0.3 is 4.42 Å². The van der Waals surface area contributed by atoms with Gasteiger partial charge in [0.15, 0.2) is 5.09 Å². The molecule has 0 amide bonds. The first-order chi connectivity index (χ1) is 3.43. The molecule has 0 aromatic carbocycles. The Morgan fingerprint density at radius 1 is 2.00 bits per heavy atom. The quantitative estimate of drug-likeness (QED) is 0.513. The van der Waals surface area contributed by atoms with Gasteiger partial charge in [-0.05, 0) is 6.26 Å². The minimum atomic E-state index is 0.806. The van der Waals surface area contributed by atoms with Crippen LogP contribution in [-0.2, 0) is 0 Å². The average molecular weight is 114 g/mol. The molecule has 0 fully saturated rings. The largest absolute Gasteiger partial charge is 0.426 e. The zero-order valence-electron chi connectivity index (χ0n) is 3.84. The molecule has 0 atom stereocenters. The Morgan fingerprint density at radius 2 is 2.86 bits per heavy atom. The zero-order chi connectivity index (χ0) is 5.11. The van der Waals surface area contributed by atoms with Gasteiger partial charge in [-0.15, -0.1) is 0 Å². The van der Waals surface area contributed by atoms with Crippen LogP contribution in [0.15, 0.2) is 15.7 Å². The fourth-order valence-electron chi connectivity index (χ4n) is 0.271. The molecular formula is C4H4NOS. The van der Waals surface area contributed by atoms with E-state index in [1.54, 1.807) is 6.20 Å². The summed E-state index contributed by atoms with van der Waals surface area (Å²) in [7, 11) is 0. The van der Waals surface area contributed by atoms with E-state index in [4.69, 9.17) is 4.42 Å². The number of oxazole rings is 1. The summed E-state index contributed by atoms with van der Waals surface area (Å²) < 4.78 is 4.71. The Labute approximate surface area is 45.9 Å². The van der Waals surface area contributed by atoms with Crippen molar-refractivity contribution in [2.45, 2.75) is 5.09 Å². The molecule has 0 saturated heterocycles. The van der Waals surface area contributed by atoms with Crippen molar-refractivity contribution in [1.29, 1.82) is 0 Å². The van der Waals surface area contributed by atoms with Crippen molar-refractivity contribution in [1.82, 2.24) is 4.98 Å². The van der Waals surface area contributed by atoms with Crippen LogP contribution < -0.4 is 0 Å². The summed E-state index contributed by atoms with van der Waals surface area (Å²) in [4.78, 5) is 3.58. The predicted octanol–water partition coefficient (Wildman–Crippen LogP) is 1.20. The molecule has 0 bridgehead atoms. The van der Waals surface area contributed by atoms with Gasteiger partial charge in [-0.25, -0.2) is 4.98 Å². The fourth-order valence-corrected chi connectivity index (χ4v) is 0.550. The molecule has 7 heavy (non-hydrogen) atoms. The maximum Gasteiger partial charge on any atom is 0.284 e. The third-order valence-corrected chi connectivity index (χ3v) is 1.16. The normalized spacial score (nSPS) is 9.29. The number of thioether (sulfide) groups is 1. The van der Waals surface area contributed by atoms with Gasteiger partial charge in [-0.2, -0.15) is 0 Å². The highest BCUT2D eigenvalue weighted by Gasteiger charge is 1.87. The van der Waals surface area contributed by atoms with Crippen molar-refractivity contribution in [3.8, 4) is 0 Å². The van der Waals surface area contributed by atoms with Crippen LogP contribution in [0.3, 0.4) is 0 Å². The number of hydrogen-bond donors (Lipinski definition) is 0. The van der Waals surface area contributed by atoms with Crippen molar-refractivity contribution in [3.63, 3.8) is 0 Å². The van der Waals surface area contributed by atoms with Crippen LogP contribution >= 0.6 is 11.8 Å². The highest BCUT2D eigenvalue weighted by atomic mass is 32.2. The Bertz CT molecular complexity index is 126. The lowest BCUT2D eigenvalue weighted by Gasteiger charge is -1.76. The second-order valence-electron chi connectivity index (χ2n) is 0.975. The van der Waals surface area contributed by atoms with Gasteiger partial charge in [0.05, 0.1) is 6.20 Å². The van der Waals surface area contributed by atoms with Gasteiger partial charge >= 0.3 is 0 Å². The highest BCUT2D eigenvalue weighted by molar-refractivity contribution is 7.98. The van der Waals surface area contributed by atoms with Gasteiger partial charge in [0, 0.05) is 0 Å². The van der Waals surface area contributed by atoms with Crippen LogP contribution in [0.2, 0.25) is 0 Å². The van der Waals surface area contributed by atoms with Crippen molar-refractivity contribution in [2.75, 3.05) is 6.26 Å². The van der Waals surface area contributed by atoms with E-state index >= 15 is 0 Å². The van der Waals surface area contributed by atoms with E-state index in [1.807, 2.05) is 6.26 Å². The van der Waals surface area contributed by atoms with Crippen LogP contribution in [0.25, 0.3) is 0 Å². The maximum absolute atomic E-state index is 4.71. The molecule has 0 aliphatic rings. The van der Waals surface area contributed by atoms with Crippen LogP contribution in [-0.4, -0.2) is 11.2 Å². The summed E-state index contributed by atoms with van der Waals surface area (Å²) >= 11 is 1.52. The van der Waals surface area contributed by atoms with Crippen LogP contribution in [0, 0.1) is 6.39 Å². The number of nitrogens with zero attached hydrogens (tertiary/aromatic N) is 1. The van der Waals surface area contributed by atoms with E-state index < -0.39 is 0 Å². The molecule has 1 aromatic rings. The van der Waals surface area contributed by atoms with Gasteiger partial charge in [0.1, 0.15) is 0 Å². The summed E-state index contributed by atoms with van der Waals surface area (Å²) in [5.74, 6) is 0. The third kappa shape index (κ3) is 0.962. The van der Waals surface area contributed by atoms with E-state index in [0.717, 1.165) is 5.09 Å². The lowest BCUT2D eigenvalue weighted by Crippen LogP contribution is -1.52. The topological polar surface area (TPSA) is 26.0 Å². The van der Waals surface area contributed by atoms with Crippen LogP contribution in [0.1, 0.15) is 0 Å². The minimum Gasteiger partial charge on any atom is -0.426 e. The minimum absolute atomic E-state index is 0.806. The second kappa shape index (κ2) is 2.02. The molecule has 1 heterocycles. The average Bonchev–Trinajstić information content (AvgIpc) is 2.14. The molecule has 0 aliphatic heterocycles. The summed E-state index contributed by atoms with van der Waals surface area (Å²) in [6.07, 6.45) is 5.89. The zero-order valence-corrected chi connectivity index (χ0v) is 4.66. The lowest BCUT2D eigenvalue weighted by molar-refractivity contribution is 0.462. The van der Waals surface area contributed by atoms with E-state index in [2.05, 4.69) is 11.4 Å². The SMILES string of the molecule is CSc1cn[c]o1. The molecule has 0 saturated carbocycles. The molecule has 0 spiro atoms. The summed E-state index contributed by atoms with van der Waals surface area (Å²) in [6.45, 7) is 0. The molecular weight excluding hydrogens is 110 g/mol. The van der Waals surface area contributed by atoms with Gasteiger partial charge in [-0.3, -0.25) is 0 Å². The van der Waals surface area contributed by atoms with Crippen molar-refractivity contribution >= 4 is 11.8 Å². The van der Waals surface area contributed by atoms with E-state index in [0.29, 0.717) is 0 Å². The van der Waals surface area contributed by atoms with Crippen molar-refractivity contribution < 1.29 is 4.42 Å². The highest BCUT2D eigenvalue weighted by Crippen LogP contribution is 2.10. The smallest absolute Gasteiger partial charge is 0.284 e. The Kier molecular flexibility index (Phi) is 1.36. The first-order valence-corrected chi connectivity index (χ1v) is 3.02. The molecule has 1 aromatic heterocycles. The van der Waals surface area contributed by atoms with E-state index in [9.17, 15) is 0 Å². The standard InChI is InChI=1S/C4H4NOS/c1-7-4-2-5-3-6-4/h2H,1H3. The maximum atomic E-state index is 4.71. The number of hydrogen-bond acceptors (Lipinski definition) is 3. The third-order valence-electron chi connectivity index (χ3n) is 0.570. The molecule has 0 unspecified atom stereocenters. The number of aromatic nitrogens is 1. The molecule has 3 heteroatoms. The summed E-state index contributed by atoms with van der Waals surface area (Å²) in [6, 6.07) is 0. The van der Waals surface area contributed by atoms with Crippen molar-refractivity contribution in [2.24, 2.45) is 0 Å². The molecule has 37 valence electrons. The summed E-state index contributed by atoms with van der Waals surface area (Å²) in [5, 5.41) is 0.806.